The van der Waals surface area contributed by atoms with E-state index in [1.54, 1.807) is 17.5 Å². The van der Waals surface area contributed by atoms with E-state index in [0.717, 1.165) is 10.4 Å². The fourth-order valence-electron chi connectivity index (χ4n) is 1.78. The molecule has 3 N–H and O–H groups in total. The predicted molar refractivity (Wildman–Crippen MR) is 83.5 cm³/mol. The summed E-state index contributed by atoms with van der Waals surface area (Å²) < 4.78 is 27.1. The van der Waals surface area contributed by atoms with Crippen LogP contribution in [0.25, 0.3) is 0 Å². The van der Waals surface area contributed by atoms with Gasteiger partial charge in [0, 0.05) is 22.5 Å². The Balaban J connectivity index is 2.26. The Morgan fingerprint density at radius 3 is 2.65 bits per heavy atom. The minimum atomic E-state index is -3.54. The molecule has 6 heteroatoms. The average molecular weight is 310 g/mol. The highest BCUT2D eigenvalue weighted by Crippen LogP contribution is 2.23. The molecule has 0 amide bonds. The van der Waals surface area contributed by atoms with Gasteiger partial charge in [-0.05, 0) is 29.7 Å². The third-order valence-electron chi connectivity index (χ3n) is 2.95. The lowest BCUT2D eigenvalue weighted by Crippen LogP contribution is -2.12. The highest BCUT2D eigenvalue weighted by molar-refractivity contribution is 7.92. The standard InChI is InChI=1S/C14H18N2O2S2/c1-10(2)11-4-3-5-12(6-11)16-20(17,18)14-7-13(8-15)19-9-14/h3-7,9-10,16H,8,15H2,1-2H3. The molecule has 0 fully saturated rings. The molecule has 20 heavy (non-hydrogen) atoms. The normalized spacial score (nSPS) is 11.8. The molecule has 1 aromatic heterocycles. The average Bonchev–Trinajstić information content (AvgIpc) is 2.88. The minimum absolute atomic E-state index is 0.262. The van der Waals surface area contributed by atoms with Crippen molar-refractivity contribution in [3.63, 3.8) is 0 Å². The van der Waals surface area contributed by atoms with Crippen molar-refractivity contribution >= 4 is 27.0 Å². The Labute approximate surface area is 123 Å². The molecule has 0 spiro atoms. The molecule has 0 saturated heterocycles. The zero-order chi connectivity index (χ0) is 14.8. The molecule has 1 aromatic carbocycles. The van der Waals surface area contributed by atoms with Gasteiger partial charge in [0.25, 0.3) is 10.0 Å². The van der Waals surface area contributed by atoms with Crippen LogP contribution >= 0.6 is 11.3 Å². The number of anilines is 1. The van der Waals surface area contributed by atoms with E-state index in [2.05, 4.69) is 18.6 Å². The maximum atomic E-state index is 12.3. The third-order valence-corrected chi connectivity index (χ3v) is 5.42. The molecule has 0 bridgehead atoms. The van der Waals surface area contributed by atoms with Gasteiger partial charge >= 0.3 is 0 Å². The summed E-state index contributed by atoms with van der Waals surface area (Å²) in [5.41, 5.74) is 7.18. The first-order chi connectivity index (χ1) is 9.42. The van der Waals surface area contributed by atoms with E-state index in [1.165, 1.54) is 11.3 Å². The minimum Gasteiger partial charge on any atom is -0.326 e. The van der Waals surface area contributed by atoms with Crippen molar-refractivity contribution in [3.8, 4) is 0 Å². The molecule has 0 aliphatic rings. The highest BCUT2D eigenvalue weighted by Gasteiger charge is 2.16. The summed E-state index contributed by atoms with van der Waals surface area (Å²) in [6.45, 7) is 4.49. The number of hydrogen-bond donors (Lipinski definition) is 2. The Bertz CT molecular complexity index is 691. The number of benzene rings is 1. The second-order valence-electron chi connectivity index (χ2n) is 4.84. The Hall–Kier alpha value is -1.37. The van der Waals surface area contributed by atoms with Crippen LogP contribution in [0.15, 0.2) is 40.6 Å². The van der Waals surface area contributed by atoms with Crippen LogP contribution in [0.2, 0.25) is 0 Å². The SMILES string of the molecule is CC(C)c1cccc(NS(=O)(=O)c2csc(CN)c2)c1. The second kappa shape index (κ2) is 5.95. The van der Waals surface area contributed by atoms with Gasteiger partial charge in [-0.2, -0.15) is 0 Å². The van der Waals surface area contributed by atoms with Crippen molar-refractivity contribution in [1.29, 1.82) is 0 Å². The Kier molecular flexibility index (Phi) is 4.47. The summed E-state index contributed by atoms with van der Waals surface area (Å²) >= 11 is 1.35. The maximum Gasteiger partial charge on any atom is 0.262 e. The van der Waals surface area contributed by atoms with Gasteiger partial charge in [-0.25, -0.2) is 8.42 Å². The molecule has 4 nitrogen and oxygen atoms in total. The van der Waals surface area contributed by atoms with E-state index in [-0.39, 0.29) is 4.90 Å². The summed E-state index contributed by atoms with van der Waals surface area (Å²) in [6.07, 6.45) is 0. The number of nitrogens with two attached hydrogens (primary N) is 1. The molecule has 0 atom stereocenters. The van der Waals surface area contributed by atoms with Gasteiger partial charge in [0.15, 0.2) is 0 Å². The lowest BCUT2D eigenvalue weighted by Gasteiger charge is -2.10. The monoisotopic (exact) mass is 310 g/mol. The van der Waals surface area contributed by atoms with Crippen molar-refractivity contribution in [2.24, 2.45) is 5.73 Å². The van der Waals surface area contributed by atoms with Gasteiger partial charge < -0.3 is 5.73 Å². The molecular formula is C14H18N2O2S2. The van der Waals surface area contributed by atoms with Crippen LogP contribution in [0.4, 0.5) is 5.69 Å². The second-order valence-corrected chi connectivity index (χ2v) is 7.52. The summed E-state index contributed by atoms with van der Waals surface area (Å²) in [5, 5.41) is 1.61. The first-order valence-electron chi connectivity index (χ1n) is 6.32. The fraction of sp³-hybridized carbons (Fsp3) is 0.286. The molecule has 0 saturated carbocycles. The third kappa shape index (κ3) is 3.39. The highest BCUT2D eigenvalue weighted by atomic mass is 32.2. The molecule has 0 radical (unpaired) electrons. The fourth-order valence-corrected chi connectivity index (χ4v) is 3.99. The summed E-state index contributed by atoms with van der Waals surface area (Å²) in [7, 11) is -3.54. The van der Waals surface area contributed by atoms with Gasteiger partial charge in [-0.15, -0.1) is 11.3 Å². The molecule has 108 valence electrons. The summed E-state index contributed by atoms with van der Waals surface area (Å²) in [4.78, 5) is 1.11. The van der Waals surface area contributed by atoms with Gasteiger partial charge in [0.05, 0.1) is 4.90 Å². The van der Waals surface area contributed by atoms with Gasteiger partial charge in [0.2, 0.25) is 0 Å². The number of nitrogens with one attached hydrogen (secondary N) is 1. The first kappa shape index (κ1) is 15.0. The van der Waals surface area contributed by atoms with E-state index in [0.29, 0.717) is 18.2 Å². The van der Waals surface area contributed by atoms with Crippen LogP contribution in [-0.4, -0.2) is 8.42 Å². The van der Waals surface area contributed by atoms with Crippen LogP contribution in [-0.2, 0) is 16.6 Å². The predicted octanol–water partition coefficient (Wildman–Crippen LogP) is 3.13. The van der Waals surface area contributed by atoms with Crippen LogP contribution in [0.1, 0.15) is 30.2 Å². The zero-order valence-corrected chi connectivity index (χ0v) is 13.1. The van der Waals surface area contributed by atoms with Crippen LogP contribution in [0.3, 0.4) is 0 Å². The van der Waals surface area contributed by atoms with E-state index >= 15 is 0 Å². The van der Waals surface area contributed by atoms with Gasteiger partial charge in [-0.1, -0.05) is 26.0 Å². The van der Waals surface area contributed by atoms with Gasteiger partial charge in [-0.3, -0.25) is 4.72 Å². The maximum absolute atomic E-state index is 12.3. The number of sulfonamides is 1. The van der Waals surface area contributed by atoms with Crippen LogP contribution in [0, 0.1) is 0 Å². The zero-order valence-electron chi connectivity index (χ0n) is 11.5. The summed E-state index contributed by atoms with van der Waals surface area (Å²) in [5.74, 6) is 0.351. The van der Waals surface area contributed by atoms with E-state index < -0.39 is 10.0 Å². The number of thiophene rings is 1. The molecule has 1 heterocycles. The van der Waals surface area contributed by atoms with Crippen molar-refractivity contribution < 1.29 is 8.42 Å². The van der Waals surface area contributed by atoms with Crippen molar-refractivity contribution in [2.45, 2.75) is 31.2 Å². The quantitative estimate of drug-likeness (QED) is 0.891. The Morgan fingerprint density at radius 1 is 1.30 bits per heavy atom. The molecule has 2 aromatic rings. The van der Waals surface area contributed by atoms with Crippen LogP contribution in [0.5, 0.6) is 0 Å². The topological polar surface area (TPSA) is 72.2 Å². The van der Waals surface area contributed by atoms with E-state index in [1.807, 2.05) is 18.2 Å². The van der Waals surface area contributed by atoms with Crippen molar-refractivity contribution in [2.75, 3.05) is 4.72 Å². The van der Waals surface area contributed by atoms with Crippen molar-refractivity contribution in [1.82, 2.24) is 0 Å². The van der Waals surface area contributed by atoms with Crippen molar-refractivity contribution in [3.05, 3.63) is 46.2 Å². The molecule has 2 rings (SSSR count). The molecule has 0 aliphatic heterocycles. The largest absolute Gasteiger partial charge is 0.326 e. The molecule has 0 aliphatic carbocycles. The van der Waals surface area contributed by atoms with E-state index in [9.17, 15) is 8.42 Å². The summed E-state index contributed by atoms with van der Waals surface area (Å²) in [6, 6.07) is 9.06. The lowest BCUT2D eigenvalue weighted by molar-refractivity contribution is 0.601. The first-order valence-corrected chi connectivity index (χ1v) is 8.69. The van der Waals surface area contributed by atoms with E-state index in [4.69, 9.17) is 5.73 Å². The molecular weight excluding hydrogens is 292 g/mol. The Morgan fingerprint density at radius 2 is 2.05 bits per heavy atom. The van der Waals surface area contributed by atoms with Crippen LogP contribution < -0.4 is 10.5 Å². The number of hydrogen-bond acceptors (Lipinski definition) is 4. The van der Waals surface area contributed by atoms with Gasteiger partial charge in [0.1, 0.15) is 0 Å². The number of rotatable bonds is 5. The lowest BCUT2D eigenvalue weighted by atomic mass is 10.0. The molecule has 0 unspecified atom stereocenters. The smallest absolute Gasteiger partial charge is 0.262 e.